The molecule has 1 aliphatic carbocycles. The van der Waals surface area contributed by atoms with Crippen LogP contribution in [0.3, 0.4) is 0 Å². The summed E-state index contributed by atoms with van der Waals surface area (Å²) in [4.78, 5) is 0. The Morgan fingerprint density at radius 1 is 1.16 bits per heavy atom. The molecule has 3 rings (SSSR count). The number of benzene rings is 2. The van der Waals surface area contributed by atoms with Crippen molar-refractivity contribution in [2.75, 3.05) is 13.2 Å². The van der Waals surface area contributed by atoms with Gasteiger partial charge in [0.05, 0.1) is 0 Å². The van der Waals surface area contributed by atoms with Gasteiger partial charge in [-0.15, -0.1) is 12.4 Å². The van der Waals surface area contributed by atoms with Crippen molar-refractivity contribution in [3.8, 4) is 5.75 Å². The largest absolute Gasteiger partial charge is 0.491 e. The Kier molecular flexibility index (Phi) is 7.76. The van der Waals surface area contributed by atoms with Crippen LogP contribution in [0.4, 0.5) is 0 Å². The van der Waals surface area contributed by atoms with E-state index < -0.39 is 6.10 Å². The normalized spacial score (nSPS) is 17.8. The molecule has 2 aromatic carbocycles. The van der Waals surface area contributed by atoms with Gasteiger partial charge in [-0.25, -0.2) is 0 Å². The summed E-state index contributed by atoms with van der Waals surface area (Å²) in [6, 6.07) is 16.9. The quantitative estimate of drug-likeness (QED) is 0.771. The smallest absolute Gasteiger partial charge is 0.119 e. The van der Waals surface area contributed by atoms with E-state index in [0.29, 0.717) is 19.2 Å². The average molecular weight is 362 g/mol. The van der Waals surface area contributed by atoms with Crippen molar-refractivity contribution in [1.82, 2.24) is 5.32 Å². The second-order valence-corrected chi connectivity index (χ2v) is 6.75. The number of nitrogens with one attached hydrogen (secondary N) is 1. The maximum absolute atomic E-state index is 10.2. The molecule has 0 radical (unpaired) electrons. The molecule has 4 heteroatoms. The lowest BCUT2D eigenvalue weighted by atomic mass is 9.99. The highest BCUT2D eigenvalue weighted by molar-refractivity contribution is 5.85. The summed E-state index contributed by atoms with van der Waals surface area (Å²) in [6.07, 6.45) is 4.06. The Labute approximate surface area is 156 Å². The molecule has 2 aromatic rings. The second-order valence-electron chi connectivity index (χ2n) is 6.75. The first-order valence-electron chi connectivity index (χ1n) is 8.88. The SMILES string of the molecule is Cc1ccc2c(c1)CC(NC[C@H](O)COc1ccccc1)CCC2.Cl. The van der Waals surface area contributed by atoms with E-state index in [-0.39, 0.29) is 12.4 Å². The Bertz CT molecular complexity index is 648. The minimum Gasteiger partial charge on any atom is -0.491 e. The molecule has 0 saturated heterocycles. The van der Waals surface area contributed by atoms with E-state index in [1.165, 1.54) is 23.1 Å². The van der Waals surface area contributed by atoms with Gasteiger partial charge in [0.2, 0.25) is 0 Å². The molecule has 2 N–H and O–H groups in total. The van der Waals surface area contributed by atoms with Crippen LogP contribution in [0.1, 0.15) is 29.5 Å². The highest BCUT2D eigenvalue weighted by Gasteiger charge is 2.17. The van der Waals surface area contributed by atoms with E-state index in [2.05, 4.69) is 30.4 Å². The van der Waals surface area contributed by atoms with Crippen molar-refractivity contribution in [3.05, 3.63) is 65.2 Å². The van der Waals surface area contributed by atoms with Crippen LogP contribution < -0.4 is 10.1 Å². The molecule has 3 nitrogen and oxygen atoms in total. The lowest BCUT2D eigenvalue weighted by molar-refractivity contribution is 0.103. The van der Waals surface area contributed by atoms with E-state index in [9.17, 15) is 5.11 Å². The number of ether oxygens (including phenoxy) is 1. The van der Waals surface area contributed by atoms with Crippen molar-refractivity contribution in [2.45, 2.75) is 44.8 Å². The zero-order valence-electron chi connectivity index (χ0n) is 14.8. The third kappa shape index (κ3) is 6.03. The molecule has 0 spiro atoms. The first-order valence-corrected chi connectivity index (χ1v) is 8.88. The zero-order chi connectivity index (χ0) is 16.8. The number of hydrogen-bond acceptors (Lipinski definition) is 3. The zero-order valence-corrected chi connectivity index (χ0v) is 15.6. The third-order valence-electron chi connectivity index (χ3n) is 4.65. The average Bonchev–Trinajstić information content (AvgIpc) is 2.80. The van der Waals surface area contributed by atoms with E-state index in [1.807, 2.05) is 30.3 Å². The van der Waals surface area contributed by atoms with Crippen LogP contribution in [0.25, 0.3) is 0 Å². The van der Waals surface area contributed by atoms with Gasteiger partial charge in [-0.1, -0.05) is 42.0 Å². The maximum atomic E-state index is 10.2. The van der Waals surface area contributed by atoms with Gasteiger partial charge in [-0.3, -0.25) is 0 Å². The molecule has 0 amide bonds. The predicted molar refractivity (Wildman–Crippen MR) is 105 cm³/mol. The molecular formula is C21H28ClNO2. The van der Waals surface area contributed by atoms with Gasteiger partial charge in [-0.2, -0.15) is 0 Å². The molecule has 1 aliphatic rings. The number of rotatable bonds is 6. The van der Waals surface area contributed by atoms with Crippen LogP contribution in [-0.2, 0) is 12.8 Å². The van der Waals surface area contributed by atoms with Gasteiger partial charge in [0, 0.05) is 12.6 Å². The maximum Gasteiger partial charge on any atom is 0.119 e. The fourth-order valence-corrected chi connectivity index (χ4v) is 3.34. The number of hydrogen-bond donors (Lipinski definition) is 2. The van der Waals surface area contributed by atoms with Crippen LogP contribution in [-0.4, -0.2) is 30.4 Å². The van der Waals surface area contributed by atoms with Gasteiger partial charge < -0.3 is 15.2 Å². The molecule has 0 saturated carbocycles. The molecule has 2 atom stereocenters. The molecule has 0 bridgehead atoms. The van der Waals surface area contributed by atoms with Crippen LogP contribution in [0.15, 0.2) is 48.5 Å². The van der Waals surface area contributed by atoms with Crippen LogP contribution in [0.5, 0.6) is 5.75 Å². The van der Waals surface area contributed by atoms with Crippen molar-refractivity contribution in [2.24, 2.45) is 0 Å². The molecule has 0 fully saturated rings. The molecule has 0 aliphatic heterocycles. The van der Waals surface area contributed by atoms with Gasteiger partial charge in [0.25, 0.3) is 0 Å². The topological polar surface area (TPSA) is 41.5 Å². The summed E-state index contributed by atoms with van der Waals surface area (Å²) in [5.41, 5.74) is 4.27. The standard InChI is InChI=1S/C21H27NO2.ClH/c1-16-10-11-17-6-5-7-19(13-18(17)12-16)22-14-20(23)15-24-21-8-3-2-4-9-21;/h2-4,8-12,19-20,22-23H,5-7,13-15H2,1H3;1H/t19?,20-;/m0./s1. The van der Waals surface area contributed by atoms with Gasteiger partial charge >= 0.3 is 0 Å². The van der Waals surface area contributed by atoms with Gasteiger partial charge in [0.1, 0.15) is 18.5 Å². The highest BCUT2D eigenvalue weighted by atomic mass is 35.5. The molecular weight excluding hydrogens is 334 g/mol. The lowest BCUT2D eigenvalue weighted by Crippen LogP contribution is -2.39. The summed E-state index contributed by atoms with van der Waals surface area (Å²) >= 11 is 0. The summed E-state index contributed by atoms with van der Waals surface area (Å²) in [5, 5.41) is 13.7. The van der Waals surface area contributed by atoms with E-state index in [4.69, 9.17) is 4.74 Å². The van der Waals surface area contributed by atoms with E-state index in [1.54, 1.807) is 0 Å². The summed E-state index contributed by atoms with van der Waals surface area (Å²) in [5.74, 6) is 0.801. The summed E-state index contributed by atoms with van der Waals surface area (Å²) in [6.45, 7) is 3.04. The lowest BCUT2D eigenvalue weighted by Gasteiger charge is -2.20. The number of halogens is 1. The number of fused-ring (bicyclic) bond motifs is 1. The van der Waals surface area contributed by atoms with Crippen LogP contribution in [0.2, 0.25) is 0 Å². The fourth-order valence-electron chi connectivity index (χ4n) is 3.34. The van der Waals surface area contributed by atoms with Crippen molar-refractivity contribution in [1.29, 1.82) is 0 Å². The summed E-state index contributed by atoms with van der Waals surface area (Å²) in [7, 11) is 0. The van der Waals surface area contributed by atoms with E-state index >= 15 is 0 Å². The minimum atomic E-state index is -0.495. The number of aryl methyl sites for hydroxylation is 2. The highest BCUT2D eigenvalue weighted by Crippen LogP contribution is 2.22. The molecule has 136 valence electrons. The third-order valence-corrected chi connectivity index (χ3v) is 4.65. The monoisotopic (exact) mass is 361 g/mol. The van der Waals surface area contributed by atoms with Crippen LogP contribution in [0, 0.1) is 6.92 Å². The van der Waals surface area contributed by atoms with Crippen molar-refractivity contribution < 1.29 is 9.84 Å². The Hall–Kier alpha value is -1.55. The van der Waals surface area contributed by atoms with Crippen molar-refractivity contribution >= 4 is 12.4 Å². The number of para-hydroxylation sites is 1. The molecule has 25 heavy (non-hydrogen) atoms. The van der Waals surface area contributed by atoms with Gasteiger partial charge in [-0.05, 0) is 55.9 Å². The Morgan fingerprint density at radius 2 is 1.96 bits per heavy atom. The van der Waals surface area contributed by atoms with E-state index in [0.717, 1.165) is 25.0 Å². The first-order chi connectivity index (χ1) is 11.7. The Morgan fingerprint density at radius 3 is 2.76 bits per heavy atom. The molecule has 0 aromatic heterocycles. The second kappa shape index (κ2) is 9.81. The number of aliphatic hydroxyl groups is 1. The fraction of sp³-hybridized carbons (Fsp3) is 0.429. The number of aliphatic hydroxyl groups excluding tert-OH is 1. The Balaban J connectivity index is 0.00000225. The van der Waals surface area contributed by atoms with Crippen LogP contribution >= 0.6 is 12.4 Å². The first kappa shape index (κ1) is 19.8. The molecule has 1 unspecified atom stereocenters. The van der Waals surface area contributed by atoms with Gasteiger partial charge in [0.15, 0.2) is 0 Å². The van der Waals surface area contributed by atoms with Crippen molar-refractivity contribution in [3.63, 3.8) is 0 Å². The molecule has 0 heterocycles. The minimum absolute atomic E-state index is 0. The predicted octanol–water partition coefficient (Wildman–Crippen LogP) is 3.69. The summed E-state index contributed by atoms with van der Waals surface area (Å²) < 4.78 is 5.61.